The third-order valence-corrected chi connectivity index (χ3v) is 6.38. The molecular weight excluding hydrogens is 402 g/mol. The number of alkyl halides is 2. The van der Waals surface area contributed by atoms with Crippen LogP contribution in [0.1, 0.15) is 31.2 Å². The number of pyridine rings is 1. The van der Waals surface area contributed by atoms with Crippen molar-refractivity contribution in [3.05, 3.63) is 42.1 Å². The Balaban J connectivity index is 1.53. The largest absolute Gasteiger partial charge is 0.378 e. The summed E-state index contributed by atoms with van der Waals surface area (Å²) in [5, 5.41) is 3.34. The Morgan fingerprint density at radius 3 is 2.87 bits per heavy atom. The van der Waals surface area contributed by atoms with Gasteiger partial charge in [0.25, 0.3) is 0 Å². The second-order valence-corrected chi connectivity index (χ2v) is 8.51. The Bertz CT molecular complexity index is 978. The van der Waals surface area contributed by atoms with E-state index < -0.39 is 11.8 Å². The highest BCUT2D eigenvalue weighted by Crippen LogP contribution is 2.42. The molecule has 6 nitrogen and oxygen atoms in total. The van der Waals surface area contributed by atoms with Crippen LogP contribution < -0.4 is 15.1 Å². The highest BCUT2D eigenvalue weighted by atomic mass is 19.3. The Labute approximate surface area is 180 Å². The van der Waals surface area contributed by atoms with E-state index in [1.807, 2.05) is 30.3 Å². The number of nitrogens with one attached hydrogen (secondary N) is 1. The van der Waals surface area contributed by atoms with Crippen molar-refractivity contribution >= 4 is 28.8 Å². The number of hydrogen-bond acceptors (Lipinski definition) is 5. The number of anilines is 4. The van der Waals surface area contributed by atoms with E-state index in [1.54, 1.807) is 11.1 Å². The summed E-state index contributed by atoms with van der Waals surface area (Å²) in [6.45, 7) is 3.17. The van der Waals surface area contributed by atoms with Crippen LogP contribution in [-0.2, 0) is 16.1 Å². The van der Waals surface area contributed by atoms with Gasteiger partial charge in [0, 0.05) is 49.3 Å². The number of nitrogens with zero attached hydrogens (tertiary/aromatic N) is 3. The van der Waals surface area contributed by atoms with Gasteiger partial charge in [0.1, 0.15) is 5.82 Å². The first-order valence-electron chi connectivity index (χ1n) is 10.9. The molecule has 8 heteroatoms. The number of morpholine rings is 1. The van der Waals surface area contributed by atoms with Crippen LogP contribution in [0.5, 0.6) is 0 Å². The van der Waals surface area contributed by atoms with E-state index in [0.29, 0.717) is 44.1 Å². The van der Waals surface area contributed by atoms with Gasteiger partial charge in [0.15, 0.2) is 0 Å². The number of amides is 1. The fraction of sp³-hybridized carbons (Fsp3) is 0.478. The van der Waals surface area contributed by atoms with Crippen molar-refractivity contribution in [2.24, 2.45) is 5.92 Å². The van der Waals surface area contributed by atoms with Crippen molar-refractivity contribution in [3.63, 3.8) is 0 Å². The summed E-state index contributed by atoms with van der Waals surface area (Å²) < 4.78 is 33.6. The van der Waals surface area contributed by atoms with Crippen LogP contribution in [0.2, 0.25) is 0 Å². The van der Waals surface area contributed by atoms with E-state index in [0.717, 1.165) is 30.0 Å². The standard InChI is InChI=1S/C23H26F2N4O2/c24-23(25)7-1-3-16(14-23)22(30)29-15-17-4-2-8-26-21(17)27-19-6-5-18(13-20(19)29)28-9-11-31-12-10-28/h2,4-6,8,13,16H,1,3,7,9-12,14-15H2,(H,26,27). The lowest BCUT2D eigenvalue weighted by Gasteiger charge is -2.34. The minimum Gasteiger partial charge on any atom is -0.378 e. The molecule has 5 rings (SSSR count). The maximum absolute atomic E-state index is 14.1. The highest BCUT2D eigenvalue weighted by molar-refractivity contribution is 6.00. The van der Waals surface area contributed by atoms with Crippen LogP contribution in [0.4, 0.5) is 31.7 Å². The van der Waals surface area contributed by atoms with Crippen LogP contribution in [0.3, 0.4) is 0 Å². The van der Waals surface area contributed by atoms with Gasteiger partial charge in [0.2, 0.25) is 11.8 Å². The van der Waals surface area contributed by atoms with E-state index in [4.69, 9.17) is 4.74 Å². The summed E-state index contributed by atoms with van der Waals surface area (Å²) in [6.07, 6.45) is 2.05. The summed E-state index contributed by atoms with van der Waals surface area (Å²) in [5.74, 6) is -3.01. The molecule has 1 atom stereocenters. The minimum absolute atomic E-state index is 0.136. The molecule has 2 fully saturated rings. The van der Waals surface area contributed by atoms with E-state index in [2.05, 4.69) is 15.2 Å². The number of ether oxygens (including phenoxy) is 1. The zero-order valence-electron chi connectivity index (χ0n) is 17.3. The van der Waals surface area contributed by atoms with Crippen LogP contribution in [-0.4, -0.2) is 43.1 Å². The van der Waals surface area contributed by atoms with E-state index in [-0.39, 0.29) is 18.7 Å². The average molecular weight is 428 g/mol. The van der Waals surface area contributed by atoms with Gasteiger partial charge < -0.3 is 19.9 Å². The number of carbonyl (C=O) groups is 1. The number of carbonyl (C=O) groups excluding carboxylic acids is 1. The number of rotatable bonds is 2. The molecule has 1 N–H and O–H groups in total. The van der Waals surface area contributed by atoms with Gasteiger partial charge in [-0.05, 0) is 37.1 Å². The third kappa shape index (κ3) is 4.08. The third-order valence-electron chi connectivity index (χ3n) is 6.38. The van der Waals surface area contributed by atoms with Crippen molar-refractivity contribution in [2.45, 2.75) is 38.2 Å². The van der Waals surface area contributed by atoms with Gasteiger partial charge in [-0.2, -0.15) is 0 Å². The van der Waals surface area contributed by atoms with Gasteiger partial charge in [-0.25, -0.2) is 13.8 Å². The Morgan fingerprint density at radius 1 is 1.23 bits per heavy atom. The highest BCUT2D eigenvalue weighted by Gasteiger charge is 2.41. The first-order valence-corrected chi connectivity index (χ1v) is 10.9. The van der Waals surface area contributed by atoms with Crippen LogP contribution in [0, 0.1) is 5.92 Å². The SMILES string of the molecule is O=C(C1CCCC(F)(F)C1)N1Cc2cccnc2Nc2ccc(N3CCOCC3)cc21. The molecule has 3 aliphatic rings. The summed E-state index contributed by atoms with van der Waals surface area (Å²) >= 11 is 0. The molecule has 2 aliphatic heterocycles. The molecule has 0 spiro atoms. The molecule has 1 unspecified atom stereocenters. The maximum atomic E-state index is 14.1. The van der Waals surface area contributed by atoms with Crippen molar-refractivity contribution in [1.29, 1.82) is 0 Å². The maximum Gasteiger partial charge on any atom is 0.248 e. The lowest BCUT2D eigenvalue weighted by Crippen LogP contribution is -2.40. The van der Waals surface area contributed by atoms with E-state index >= 15 is 0 Å². The van der Waals surface area contributed by atoms with E-state index in [9.17, 15) is 13.6 Å². The Kier molecular flexibility index (Phi) is 5.25. The Hall–Kier alpha value is -2.74. The number of hydrogen-bond donors (Lipinski definition) is 1. The zero-order chi connectivity index (χ0) is 21.4. The molecule has 1 amide bonds. The topological polar surface area (TPSA) is 57.7 Å². The first kappa shape index (κ1) is 20.2. The van der Waals surface area contributed by atoms with Crippen molar-refractivity contribution in [3.8, 4) is 0 Å². The van der Waals surface area contributed by atoms with Crippen LogP contribution in [0.15, 0.2) is 36.5 Å². The normalized spacial score (nSPS) is 22.7. The Morgan fingerprint density at radius 2 is 2.06 bits per heavy atom. The fourth-order valence-electron chi connectivity index (χ4n) is 4.73. The molecule has 31 heavy (non-hydrogen) atoms. The van der Waals surface area contributed by atoms with Crippen molar-refractivity contribution in [1.82, 2.24) is 4.98 Å². The van der Waals surface area contributed by atoms with Gasteiger partial charge in [-0.15, -0.1) is 0 Å². The molecule has 1 aromatic carbocycles. The van der Waals surface area contributed by atoms with E-state index in [1.165, 1.54) is 0 Å². The lowest BCUT2D eigenvalue weighted by molar-refractivity contribution is -0.129. The monoisotopic (exact) mass is 428 g/mol. The molecule has 0 bridgehead atoms. The quantitative estimate of drug-likeness (QED) is 0.772. The first-order chi connectivity index (χ1) is 15.0. The van der Waals surface area contributed by atoms with Crippen molar-refractivity contribution < 1.29 is 18.3 Å². The second kappa shape index (κ2) is 8.07. The summed E-state index contributed by atoms with van der Waals surface area (Å²) in [5.41, 5.74) is 3.32. The molecule has 1 aromatic heterocycles. The minimum atomic E-state index is -2.78. The second-order valence-electron chi connectivity index (χ2n) is 8.51. The van der Waals surface area contributed by atoms with Gasteiger partial charge >= 0.3 is 0 Å². The van der Waals surface area contributed by atoms with Gasteiger partial charge in [-0.1, -0.05) is 6.07 Å². The number of benzene rings is 1. The smallest absolute Gasteiger partial charge is 0.248 e. The zero-order valence-corrected chi connectivity index (χ0v) is 17.3. The fourth-order valence-corrected chi connectivity index (χ4v) is 4.73. The van der Waals surface area contributed by atoms with Crippen molar-refractivity contribution in [2.75, 3.05) is 41.4 Å². The molecular formula is C23H26F2N4O2. The summed E-state index contributed by atoms with van der Waals surface area (Å²) in [4.78, 5) is 21.9. The number of fused-ring (bicyclic) bond motifs is 2. The molecule has 1 saturated carbocycles. The molecule has 164 valence electrons. The summed E-state index contributed by atoms with van der Waals surface area (Å²) in [6, 6.07) is 9.69. The molecule has 3 heterocycles. The molecule has 0 radical (unpaired) electrons. The predicted molar refractivity (Wildman–Crippen MR) is 115 cm³/mol. The molecule has 2 aromatic rings. The van der Waals surface area contributed by atoms with Gasteiger partial charge in [0.05, 0.1) is 31.1 Å². The predicted octanol–water partition coefficient (Wildman–Crippen LogP) is 4.33. The molecule has 1 saturated heterocycles. The summed E-state index contributed by atoms with van der Waals surface area (Å²) in [7, 11) is 0. The number of aromatic nitrogens is 1. The van der Waals surface area contributed by atoms with Crippen LogP contribution in [0.25, 0.3) is 0 Å². The van der Waals surface area contributed by atoms with Gasteiger partial charge in [-0.3, -0.25) is 4.79 Å². The molecule has 1 aliphatic carbocycles. The average Bonchev–Trinajstić information content (AvgIpc) is 2.94. The van der Waals surface area contributed by atoms with Crippen LogP contribution >= 0.6 is 0 Å². The number of halogens is 2. The lowest BCUT2D eigenvalue weighted by atomic mass is 9.85.